The van der Waals surface area contributed by atoms with Crippen LogP contribution in [0.3, 0.4) is 0 Å². The quantitative estimate of drug-likeness (QED) is 0.426. The Kier molecular flexibility index (Phi) is 6.86. The monoisotopic (exact) mass is 388 g/mol. The van der Waals surface area contributed by atoms with E-state index in [-0.39, 0.29) is 30.2 Å². The number of carbonyl (C=O) groups excluding carboxylic acids is 3. The zero-order chi connectivity index (χ0) is 21.1. The van der Waals surface area contributed by atoms with Crippen molar-refractivity contribution < 1.29 is 19.1 Å². The zero-order valence-corrected chi connectivity index (χ0v) is 17.7. The third-order valence-corrected chi connectivity index (χ3v) is 5.29. The molecule has 1 aromatic heterocycles. The lowest BCUT2D eigenvalue weighted by atomic mass is 9.91. The van der Waals surface area contributed by atoms with Gasteiger partial charge in [-0.15, -0.1) is 6.58 Å². The Morgan fingerprint density at radius 2 is 1.82 bits per heavy atom. The van der Waals surface area contributed by atoms with Crippen LogP contribution in [0.5, 0.6) is 0 Å². The first-order valence-electron chi connectivity index (χ1n) is 9.83. The van der Waals surface area contributed by atoms with Gasteiger partial charge in [-0.1, -0.05) is 26.8 Å². The van der Waals surface area contributed by atoms with Crippen LogP contribution < -0.4 is 0 Å². The van der Waals surface area contributed by atoms with Gasteiger partial charge in [0.2, 0.25) is 11.7 Å². The molecule has 1 saturated heterocycles. The summed E-state index contributed by atoms with van der Waals surface area (Å²) < 4.78 is 7.31. The highest BCUT2D eigenvalue weighted by molar-refractivity contribution is 5.99. The number of esters is 1. The Morgan fingerprint density at radius 1 is 1.21 bits per heavy atom. The Bertz CT molecular complexity index is 762. The van der Waals surface area contributed by atoms with Crippen molar-refractivity contribution in [2.24, 2.45) is 11.3 Å². The van der Waals surface area contributed by atoms with Crippen LogP contribution >= 0.6 is 0 Å². The van der Waals surface area contributed by atoms with Crippen LogP contribution in [0, 0.1) is 25.2 Å². The maximum atomic E-state index is 12.5. The molecule has 0 saturated carbocycles. The molecule has 1 amide bonds. The number of Topliss-reactive ketones (excluding diaryl/α,β-unsaturated/α-hetero) is 1. The highest BCUT2D eigenvalue weighted by Crippen LogP contribution is 2.24. The summed E-state index contributed by atoms with van der Waals surface area (Å²) in [6.07, 6.45) is 2.93. The summed E-state index contributed by atoms with van der Waals surface area (Å²) in [5.41, 5.74) is 1.99. The molecule has 6 nitrogen and oxygen atoms in total. The van der Waals surface area contributed by atoms with E-state index in [4.69, 9.17) is 4.74 Å². The molecule has 0 aliphatic carbocycles. The minimum absolute atomic E-state index is 0.101. The second kappa shape index (κ2) is 8.76. The van der Waals surface area contributed by atoms with E-state index in [1.165, 1.54) is 0 Å². The van der Waals surface area contributed by atoms with Gasteiger partial charge in [-0.3, -0.25) is 14.4 Å². The van der Waals surface area contributed by atoms with E-state index in [1.807, 2.05) is 50.2 Å². The number of hydrogen-bond donors (Lipinski definition) is 0. The first-order chi connectivity index (χ1) is 13.1. The van der Waals surface area contributed by atoms with Gasteiger partial charge in [-0.25, -0.2) is 0 Å². The van der Waals surface area contributed by atoms with Crippen LogP contribution in [0.4, 0.5) is 0 Å². The third kappa shape index (κ3) is 4.91. The van der Waals surface area contributed by atoms with Gasteiger partial charge in [-0.05, 0) is 32.8 Å². The van der Waals surface area contributed by atoms with Gasteiger partial charge < -0.3 is 14.2 Å². The summed E-state index contributed by atoms with van der Waals surface area (Å²) in [4.78, 5) is 39.0. The van der Waals surface area contributed by atoms with Crippen molar-refractivity contribution in [3.05, 3.63) is 35.7 Å². The normalized spacial score (nSPS) is 15.4. The number of rotatable bonds is 6. The minimum atomic E-state index is -0.419. The standard InChI is InChI=1S/C22H32N2O4/c1-7-10-24-15(2)13-18(16(24)3)19(25)14-28-20(26)17-8-11-23(12-9-17)21(27)22(4,5)6/h7,13,17H,1,8-12,14H2,2-6H3. The molecular weight excluding hydrogens is 356 g/mol. The van der Waals surface area contributed by atoms with Gasteiger partial charge >= 0.3 is 5.97 Å². The summed E-state index contributed by atoms with van der Waals surface area (Å²) in [5.74, 6) is -0.706. The first kappa shape index (κ1) is 21.9. The van der Waals surface area contributed by atoms with Gasteiger partial charge in [-0.2, -0.15) is 0 Å². The van der Waals surface area contributed by atoms with Crippen LogP contribution in [0.1, 0.15) is 55.4 Å². The predicted molar refractivity (Wildman–Crippen MR) is 108 cm³/mol. The number of allylic oxidation sites excluding steroid dienone is 1. The molecule has 0 bridgehead atoms. The van der Waals surface area contributed by atoms with E-state index < -0.39 is 5.41 Å². The van der Waals surface area contributed by atoms with E-state index in [1.54, 1.807) is 6.08 Å². The van der Waals surface area contributed by atoms with Crippen molar-refractivity contribution in [2.45, 2.75) is 54.0 Å². The lowest BCUT2D eigenvalue weighted by molar-refractivity contribution is -0.152. The fourth-order valence-corrected chi connectivity index (χ4v) is 3.62. The molecule has 0 unspecified atom stereocenters. The first-order valence-corrected chi connectivity index (χ1v) is 9.83. The highest BCUT2D eigenvalue weighted by atomic mass is 16.5. The number of amides is 1. The summed E-state index contributed by atoms with van der Waals surface area (Å²) >= 11 is 0. The van der Waals surface area contributed by atoms with Crippen LogP contribution in [0.15, 0.2) is 18.7 Å². The molecule has 0 atom stereocenters. The Labute approximate surface area is 167 Å². The van der Waals surface area contributed by atoms with Crippen molar-refractivity contribution in [3.8, 4) is 0 Å². The Balaban J connectivity index is 1.88. The molecule has 1 aromatic rings. The number of likely N-dealkylation sites (tertiary alicyclic amines) is 1. The van der Waals surface area contributed by atoms with Gasteiger partial charge in [0.1, 0.15) is 0 Å². The summed E-state index contributed by atoms with van der Waals surface area (Å²) in [5, 5.41) is 0. The van der Waals surface area contributed by atoms with E-state index >= 15 is 0 Å². The van der Waals surface area contributed by atoms with Gasteiger partial charge in [0.05, 0.1) is 5.92 Å². The molecule has 0 spiro atoms. The lowest BCUT2D eigenvalue weighted by Gasteiger charge is -2.34. The second-order valence-corrected chi connectivity index (χ2v) is 8.53. The number of piperidine rings is 1. The van der Waals surface area contributed by atoms with Gasteiger partial charge in [0.15, 0.2) is 6.61 Å². The third-order valence-electron chi connectivity index (χ3n) is 5.29. The van der Waals surface area contributed by atoms with Gasteiger partial charge in [0, 0.05) is 42.0 Å². The summed E-state index contributed by atoms with van der Waals surface area (Å²) in [6, 6.07) is 1.82. The Morgan fingerprint density at radius 3 is 2.36 bits per heavy atom. The summed E-state index contributed by atoms with van der Waals surface area (Å²) in [6.45, 7) is 14.7. The van der Waals surface area contributed by atoms with Gasteiger partial charge in [0.25, 0.3) is 0 Å². The van der Waals surface area contributed by atoms with Crippen LogP contribution in [-0.4, -0.2) is 46.8 Å². The molecule has 6 heteroatoms. The smallest absolute Gasteiger partial charge is 0.309 e. The van der Waals surface area contributed by atoms with Crippen molar-refractivity contribution in [2.75, 3.05) is 19.7 Å². The molecule has 0 aromatic carbocycles. The van der Waals surface area contributed by atoms with E-state index in [2.05, 4.69) is 6.58 Å². The number of ketones is 1. The van der Waals surface area contributed by atoms with E-state index in [9.17, 15) is 14.4 Å². The van der Waals surface area contributed by atoms with Crippen molar-refractivity contribution >= 4 is 17.7 Å². The predicted octanol–water partition coefficient (Wildman–Crippen LogP) is 3.30. The van der Waals surface area contributed by atoms with Crippen molar-refractivity contribution in [1.29, 1.82) is 0 Å². The zero-order valence-electron chi connectivity index (χ0n) is 17.7. The summed E-state index contributed by atoms with van der Waals surface area (Å²) in [7, 11) is 0. The molecular formula is C22H32N2O4. The fraction of sp³-hybridized carbons (Fsp3) is 0.591. The van der Waals surface area contributed by atoms with E-state index in [0.29, 0.717) is 38.0 Å². The molecule has 1 aliphatic heterocycles. The van der Waals surface area contributed by atoms with Crippen LogP contribution in [-0.2, 0) is 20.9 Å². The van der Waals surface area contributed by atoms with Crippen LogP contribution in [0.25, 0.3) is 0 Å². The fourth-order valence-electron chi connectivity index (χ4n) is 3.62. The largest absolute Gasteiger partial charge is 0.457 e. The van der Waals surface area contributed by atoms with Crippen molar-refractivity contribution in [3.63, 3.8) is 0 Å². The number of nitrogens with zero attached hydrogens (tertiary/aromatic N) is 2. The van der Waals surface area contributed by atoms with Crippen molar-refractivity contribution in [1.82, 2.24) is 9.47 Å². The maximum absolute atomic E-state index is 12.5. The molecule has 0 N–H and O–H groups in total. The molecule has 1 fully saturated rings. The number of aromatic nitrogens is 1. The topological polar surface area (TPSA) is 68.6 Å². The molecule has 28 heavy (non-hydrogen) atoms. The molecule has 0 radical (unpaired) electrons. The highest BCUT2D eigenvalue weighted by Gasteiger charge is 2.33. The average Bonchev–Trinajstić information content (AvgIpc) is 2.93. The van der Waals surface area contributed by atoms with E-state index in [0.717, 1.165) is 11.4 Å². The second-order valence-electron chi connectivity index (χ2n) is 8.53. The molecule has 154 valence electrons. The molecule has 2 heterocycles. The number of carbonyl (C=O) groups is 3. The number of ether oxygens (including phenoxy) is 1. The lowest BCUT2D eigenvalue weighted by Crippen LogP contribution is -2.45. The number of hydrogen-bond acceptors (Lipinski definition) is 4. The minimum Gasteiger partial charge on any atom is -0.457 e. The van der Waals surface area contributed by atoms with Crippen LogP contribution in [0.2, 0.25) is 0 Å². The molecule has 2 rings (SSSR count). The maximum Gasteiger partial charge on any atom is 0.309 e. The SMILES string of the molecule is C=CCn1c(C)cc(C(=O)COC(=O)C2CCN(C(=O)C(C)(C)C)CC2)c1C. The Hall–Kier alpha value is -2.37. The average molecular weight is 389 g/mol. The number of aryl methyl sites for hydroxylation is 1. The molecule has 1 aliphatic rings.